The van der Waals surface area contributed by atoms with Gasteiger partial charge in [-0.1, -0.05) is 17.4 Å². The molecule has 0 saturated carbocycles. The van der Waals surface area contributed by atoms with E-state index in [0.29, 0.717) is 6.04 Å². The van der Waals surface area contributed by atoms with Crippen LogP contribution in [0.4, 0.5) is 10.9 Å². The standard InChI is InChI=1S/C14H19N5S/c1-11-16-17-14(20-11)19-9-6-12(7-10-19)18(2)13-5-3-4-8-15-13/h3-5,8,12H,6-7,9-10H2,1-2H3. The molecule has 0 atom stereocenters. The summed E-state index contributed by atoms with van der Waals surface area (Å²) in [4.78, 5) is 9.06. The van der Waals surface area contributed by atoms with E-state index in [1.165, 1.54) is 0 Å². The van der Waals surface area contributed by atoms with Gasteiger partial charge in [0.1, 0.15) is 10.8 Å². The average Bonchev–Trinajstić information content (AvgIpc) is 2.94. The maximum atomic E-state index is 4.43. The third kappa shape index (κ3) is 2.75. The molecule has 1 saturated heterocycles. The second kappa shape index (κ2) is 5.75. The summed E-state index contributed by atoms with van der Waals surface area (Å²) >= 11 is 1.68. The van der Waals surface area contributed by atoms with E-state index in [4.69, 9.17) is 0 Å². The van der Waals surface area contributed by atoms with Gasteiger partial charge in [0.2, 0.25) is 5.13 Å². The monoisotopic (exact) mass is 289 g/mol. The Kier molecular flexibility index (Phi) is 3.82. The molecule has 3 heterocycles. The van der Waals surface area contributed by atoms with Gasteiger partial charge in [-0.3, -0.25) is 0 Å². The molecule has 0 N–H and O–H groups in total. The normalized spacial score (nSPS) is 16.4. The van der Waals surface area contributed by atoms with Gasteiger partial charge in [0.05, 0.1) is 0 Å². The number of anilines is 2. The molecular formula is C14H19N5S. The van der Waals surface area contributed by atoms with Crippen molar-refractivity contribution in [2.75, 3.05) is 29.9 Å². The molecule has 20 heavy (non-hydrogen) atoms. The Morgan fingerprint density at radius 3 is 2.65 bits per heavy atom. The summed E-state index contributed by atoms with van der Waals surface area (Å²) in [5, 5.41) is 10.4. The van der Waals surface area contributed by atoms with Crippen LogP contribution in [0.15, 0.2) is 24.4 Å². The van der Waals surface area contributed by atoms with Gasteiger partial charge in [0, 0.05) is 32.4 Å². The second-order valence-corrected chi connectivity index (χ2v) is 6.28. The minimum absolute atomic E-state index is 0.551. The zero-order valence-electron chi connectivity index (χ0n) is 11.9. The van der Waals surface area contributed by atoms with Crippen LogP contribution in [0.1, 0.15) is 17.8 Å². The number of piperidine rings is 1. The Bertz CT molecular complexity index is 548. The van der Waals surface area contributed by atoms with E-state index >= 15 is 0 Å². The Morgan fingerprint density at radius 1 is 1.25 bits per heavy atom. The molecule has 0 radical (unpaired) electrons. The van der Waals surface area contributed by atoms with Gasteiger partial charge in [0.25, 0.3) is 0 Å². The van der Waals surface area contributed by atoms with Crippen LogP contribution in [0, 0.1) is 6.92 Å². The average molecular weight is 289 g/mol. The largest absolute Gasteiger partial charge is 0.357 e. The first kappa shape index (κ1) is 13.3. The van der Waals surface area contributed by atoms with Gasteiger partial charge < -0.3 is 9.80 Å². The van der Waals surface area contributed by atoms with Crippen molar-refractivity contribution in [3.8, 4) is 0 Å². The van der Waals surface area contributed by atoms with Crippen LogP contribution in [0.25, 0.3) is 0 Å². The molecule has 0 spiro atoms. The molecule has 1 aliphatic rings. The Hall–Kier alpha value is -1.69. The lowest BCUT2D eigenvalue weighted by molar-refractivity contribution is 0.479. The van der Waals surface area contributed by atoms with Crippen molar-refractivity contribution in [1.29, 1.82) is 0 Å². The first-order chi connectivity index (χ1) is 9.74. The summed E-state index contributed by atoms with van der Waals surface area (Å²) in [6.45, 7) is 4.08. The van der Waals surface area contributed by atoms with E-state index < -0.39 is 0 Å². The van der Waals surface area contributed by atoms with E-state index in [1.54, 1.807) is 11.3 Å². The maximum Gasteiger partial charge on any atom is 0.208 e. The number of hydrogen-bond acceptors (Lipinski definition) is 6. The van der Waals surface area contributed by atoms with Crippen molar-refractivity contribution in [2.24, 2.45) is 0 Å². The van der Waals surface area contributed by atoms with Gasteiger partial charge in [-0.2, -0.15) is 0 Å². The Morgan fingerprint density at radius 2 is 2.05 bits per heavy atom. The Balaban J connectivity index is 1.61. The number of aromatic nitrogens is 3. The number of hydrogen-bond donors (Lipinski definition) is 0. The summed E-state index contributed by atoms with van der Waals surface area (Å²) in [6.07, 6.45) is 4.11. The highest BCUT2D eigenvalue weighted by molar-refractivity contribution is 7.15. The lowest BCUT2D eigenvalue weighted by Crippen LogP contribution is -2.43. The minimum atomic E-state index is 0.551. The van der Waals surface area contributed by atoms with Crippen LogP contribution in [0.3, 0.4) is 0 Å². The zero-order valence-corrected chi connectivity index (χ0v) is 12.7. The third-order valence-electron chi connectivity index (χ3n) is 3.81. The van der Waals surface area contributed by atoms with Crippen molar-refractivity contribution < 1.29 is 0 Å². The molecule has 5 nitrogen and oxygen atoms in total. The topological polar surface area (TPSA) is 45.2 Å². The molecule has 2 aromatic rings. The minimum Gasteiger partial charge on any atom is -0.357 e. The smallest absolute Gasteiger partial charge is 0.208 e. The zero-order chi connectivity index (χ0) is 13.9. The van der Waals surface area contributed by atoms with Crippen LogP contribution in [0.5, 0.6) is 0 Å². The van der Waals surface area contributed by atoms with Crippen LogP contribution >= 0.6 is 11.3 Å². The van der Waals surface area contributed by atoms with Gasteiger partial charge in [-0.05, 0) is 31.9 Å². The molecule has 0 aromatic carbocycles. The number of pyridine rings is 1. The highest BCUT2D eigenvalue weighted by Crippen LogP contribution is 2.26. The molecule has 0 bridgehead atoms. The van der Waals surface area contributed by atoms with E-state index in [2.05, 4.69) is 38.1 Å². The lowest BCUT2D eigenvalue weighted by Gasteiger charge is -2.37. The third-order valence-corrected chi connectivity index (χ3v) is 4.71. The Labute approximate surface area is 123 Å². The van der Waals surface area contributed by atoms with Crippen LogP contribution in [0.2, 0.25) is 0 Å². The lowest BCUT2D eigenvalue weighted by atomic mass is 10.0. The summed E-state index contributed by atoms with van der Waals surface area (Å²) in [7, 11) is 2.14. The molecule has 1 aliphatic heterocycles. The van der Waals surface area contributed by atoms with Crippen molar-refractivity contribution in [1.82, 2.24) is 15.2 Å². The van der Waals surface area contributed by atoms with Gasteiger partial charge in [-0.15, -0.1) is 10.2 Å². The molecule has 0 unspecified atom stereocenters. The fourth-order valence-electron chi connectivity index (χ4n) is 2.61. The summed E-state index contributed by atoms with van der Waals surface area (Å²) in [6, 6.07) is 6.62. The molecular weight excluding hydrogens is 270 g/mol. The molecule has 1 fully saturated rings. The van der Waals surface area contributed by atoms with Crippen molar-refractivity contribution in [3.05, 3.63) is 29.4 Å². The second-order valence-electron chi connectivity index (χ2n) is 5.12. The highest BCUT2D eigenvalue weighted by Gasteiger charge is 2.24. The van der Waals surface area contributed by atoms with Crippen LogP contribution in [-0.2, 0) is 0 Å². The molecule has 2 aromatic heterocycles. The first-order valence-electron chi connectivity index (χ1n) is 6.93. The fraction of sp³-hybridized carbons (Fsp3) is 0.500. The summed E-state index contributed by atoms with van der Waals surface area (Å²) in [5.74, 6) is 1.05. The van der Waals surface area contributed by atoms with E-state index in [1.807, 2.05) is 25.3 Å². The SMILES string of the molecule is Cc1nnc(N2CCC(N(C)c3ccccn3)CC2)s1. The van der Waals surface area contributed by atoms with E-state index in [9.17, 15) is 0 Å². The molecule has 0 aliphatic carbocycles. The molecule has 0 amide bonds. The van der Waals surface area contributed by atoms with Gasteiger partial charge >= 0.3 is 0 Å². The number of nitrogens with zero attached hydrogens (tertiary/aromatic N) is 5. The number of aryl methyl sites for hydroxylation is 1. The summed E-state index contributed by atoms with van der Waals surface area (Å²) in [5.41, 5.74) is 0. The van der Waals surface area contributed by atoms with Gasteiger partial charge in [0.15, 0.2) is 0 Å². The summed E-state index contributed by atoms with van der Waals surface area (Å²) < 4.78 is 0. The van der Waals surface area contributed by atoms with Crippen LogP contribution in [-0.4, -0.2) is 41.4 Å². The van der Waals surface area contributed by atoms with Crippen LogP contribution < -0.4 is 9.80 Å². The van der Waals surface area contributed by atoms with Gasteiger partial charge in [-0.25, -0.2) is 4.98 Å². The van der Waals surface area contributed by atoms with Crippen molar-refractivity contribution >= 4 is 22.3 Å². The molecule has 3 rings (SSSR count). The molecule has 106 valence electrons. The fourth-order valence-corrected chi connectivity index (χ4v) is 3.35. The van der Waals surface area contributed by atoms with E-state index in [-0.39, 0.29) is 0 Å². The maximum absolute atomic E-state index is 4.43. The molecule has 6 heteroatoms. The highest BCUT2D eigenvalue weighted by atomic mass is 32.1. The predicted octanol–water partition coefficient (Wildman–Crippen LogP) is 2.35. The van der Waals surface area contributed by atoms with Crippen molar-refractivity contribution in [3.63, 3.8) is 0 Å². The van der Waals surface area contributed by atoms with E-state index in [0.717, 1.165) is 41.9 Å². The predicted molar refractivity (Wildman–Crippen MR) is 82.5 cm³/mol. The first-order valence-corrected chi connectivity index (χ1v) is 7.74. The van der Waals surface area contributed by atoms with Crippen molar-refractivity contribution in [2.45, 2.75) is 25.8 Å². The quantitative estimate of drug-likeness (QED) is 0.868. The number of rotatable bonds is 3.